The molecule has 158 valence electrons. The van der Waals surface area contributed by atoms with E-state index in [1.54, 1.807) is 26.6 Å². The van der Waals surface area contributed by atoms with Gasteiger partial charge in [-0.3, -0.25) is 14.8 Å². The van der Waals surface area contributed by atoms with Crippen molar-refractivity contribution in [3.8, 4) is 22.8 Å². The second kappa shape index (κ2) is 9.30. The van der Waals surface area contributed by atoms with Crippen molar-refractivity contribution in [2.24, 2.45) is 0 Å². The molecule has 0 radical (unpaired) electrons. The van der Waals surface area contributed by atoms with E-state index in [9.17, 15) is 4.79 Å². The second-order valence-electron chi connectivity index (χ2n) is 7.03. The molecule has 0 spiro atoms. The summed E-state index contributed by atoms with van der Waals surface area (Å²) in [6, 6.07) is 15.4. The molecule has 0 saturated heterocycles. The van der Waals surface area contributed by atoms with E-state index in [1.165, 1.54) is 0 Å². The topological polar surface area (TPSA) is 78.3 Å². The zero-order chi connectivity index (χ0) is 21.6. The highest BCUT2D eigenvalue weighted by Gasteiger charge is 2.14. The maximum atomic E-state index is 12.6. The predicted molar refractivity (Wildman–Crippen MR) is 119 cm³/mol. The van der Waals surface area contributed by atoms with Crippen LogP contribution < -0.4 is 14.8 Å². The summed E-state index contributed by atoms with van der Waals surface area (Å²) in [5, 5.41) is 3.98. The number of carbonyl (C=O) groups is 1. The summed E-state index contributed by atoms with van der Waals surface area (Å²) in [5.74, 6) is 1.22. The molecule has 1 aromatic carbocycles. The van der Waals surface area contributed by atoms with Gasteiger partial charge in [-0.15, -0.1) is 0 Å². The summed E-state index contributed by atoms with van der Waals surface area (Å²) in [6.45, 7) is 0.744. The summed E-state index contributed by atoms with van der Waals surface area (Å²) in [6.07, 6.45) is 6.13. The fraction of sp³-hybridized carbons (Fsp3) is 0.208. The molecule has 7 heteroatoms. The van der Waals surface area contributed by atoms with Crippen LogP contribution in [0.5, 0.6) is 11.5 Å². The lowest BCUT2D eigenvalue weighted by Crippen LogP contribution is -2.29. The van der Waals surface area contributed by atoms with E-state index in [0.29, 0.717) is 24.5 Å². The van der Waals surface area contributed by atoms with Gasteiger partial charge in [-0.05, 0) is 42.5 Å². The maximum absolute atomic E-state index is 12.6. The van der Waals surface area contributed by atoms with E-state index in [4.69, 9.17) is 9.47 Å². The van der Waals surface area contributed by atoms with E-state index in [1.807, 2.05) is 59.3 Å². The first-order valence-corrected chi connectivity index (χ1v) is 10.0. The Labute approximate surface area is 180 Å². The Kier molecular flexibility index (Phi) is 6.12. The predicted octanol–water partition coefficient (Wildman–Crippen LogP) is 3.47. The summed E-state index contributed by atoms with van der Waals surface area (Å²) in [4.78, 5) is 21.4. The number of carbonyl (C=O) groups excluding carboxylic acids is 1. The number of benzene rings is 1. The van der Waals surface area contributed by atoms with E-state index >= 15 is 0 Å². The number of aromatic nitrogens is 3. The number of hydrogen-bond donors (Lipinski definition) is 1. The van der Waals surface area contributed by atoms with Crippen molar-refractivity contribution in [2.75, 3.05) is 20.8 Å². The van der Waals surface area contributed by atoms with Crippen LogP contribution in [0.25, 0.3) is 22.2 Å². The Morgan fingerprint density at radius 1 is 1.00 bits per heavy atom. The van der Waals surface area contributed by atoms with Crippen molar-refractivity contribution in [2.45, 2.75) is 13.0 Å². The third kappa shape index (κ3) is 4.50. The first-order chi connectivity index (χ1) is 15.2. The Morgan fingerprint density at radius 2 is 1.87 bits per heavy atom. The lowest BCUT2D eigenvalue weighted by molar-refractivity contribution is -0.121. The molecule has 4 rings (SSSR count). The standard InChI is InChI=1S/C24H24N4O3/c1-30-20-7-6-18(15-21(20)31-2)23-24-17(8-12-27-23)10-14-28(24)16-22(29)26-13-9-19-5-3-4-11-25-19/h3-8,10-12,14-15H,9,13,16H2,1-2H3,(H,26,29). The van der Waals surface area contributed by atoms with Crippen molar-refractivity contribution in [3.05, 3.63) is 72.8 Å². The molecule has 7 nitrogen and oxygen atoms in total. The molecule has 0 saturated carbocycles. The SMILES string of the molecule is COc1ccc(-c2nccc3ccn(CC(=O)NCCc4ccccn4)c23)cc1OC. The Balaban J connectivity index is 1.55. The zero-order valence-corrected chi connectivity index (χ0v) is 17.5. The Bertz CT molecular complexity index is 1190. The highest BCUT2D eigenvalue weighted by atomic mass is 16.5. The van der Waals surface area contributed by atoms with Crippen molar-refractivity contribution in [1.82, 2.24) is 19.9 Å². The molecule has 1 N–H and O–H groups in total. The van der Waals surface area contributed by atoms with Gasteiger partial charge in [0.25, 0.3) is 0 Å². The van der Waals surface area contributed by atoms with Crippen molar-refractivity contribution in [3.63, 3.8) is 0 Å². The van der Waals surface area contributed by atoms with Gasteiger partial charge in [0.15, 0.2) is 11.5 Å². The molecular weight excluding hydrogens is 392 g/mol. The van der Waals surface area contributed by atoms with E-state index < -0.39 is 0 Å². The molecule has 0 unspecified atom stereocenters. The number of methoxy groups -OCH3 is 2. The summed E-state index contributed by atoms with van der Waals surface area (Å²) in [7, 11) is 3.21. The number of amides is 1. The molecular formula is C24H24N4O3. The Hall–Kier alpha value is -3.87. The van der Waals surface area contributed by atoms with Crippen molar-refractivity contribution < 1.29 is 14.3 Å². The smallest absolute Gasteiger partial charge is 0.239 e. The lowest BCUT2D eigenvalue weighted by Gasteiger charge is -2.12. The average molecular weight is 416 g/mol. The zero-order valence-electron chi connectivity index (χ0n) is 17.5. The molecule has 0 aliphatic rings. The molecule has 0 aliphatic carbocycles. The molecule has 0 fully saturated rings. The fourth-order valence-electron chi connectivity index (χ4n) is 3.56. The Morgan fingerprint density at radius 3 is 2.65 bits per heavy atom. The van der Waals surface area contributed by atoms with E-state index in [0.717, 1.165) is 27.9 Å². The van der Waals surface area contributed by atoms with Crippen molar-refractivity contribution in [1.29, 1.82) is 0 Å². The molecule has 0 aliphatic heterocycles. The fourth-order valence-corrected chi connectivity index (χ4v) is 3.56. The molecule has 0 bridgehead atoms. The van der Waals surface area contributed by atoms with Gasteiger partial charge in [-0.25, -0.2) is 0 Å². The highest BCUT2D eigenvalue weighted by molar-refractivity contribution is 5.93. The number of nitrogens with zero attached hydrogens (tertiary/aromatic N) is 3. The van der Waals surface area contributed by atoms with Gasteiger partial charge < -0.3 is 19.4 Å². The largest absolute Gasteiger partial charge is 0.493 e. The minimum Gasteiger partial charge on any atom is -0.493 e. The van der Waals surface area contributed by atoms with Crippen LogP contribution >= 0.6 is 0 Å². The number of fused-ring (bicyclic) bond motifs is 1. The van der Waals surface area contributed by atoms with Crippen LogP contribution in [0.15, 0.2) is 67.1 Å². The molecule has 31 heavy (non-hydrogen) atoms. The number of ether oxygens (including phenoxy) is 2. The van der Waals surface area contributed by atoms with Gasteiger partial charge in [-0.1, -0.05) is 6.07 Å². The van der Waals surface area contributed by atoms with Gasteiger partial charge in [0.1, 0.15) is 6.54 Å². The van der Waals surface area contributed by atoms with Gasteiger partial charge in [0.2, 0.25) is 5.91 Å². The van der Waals surface area contributed by atoms with Crippen molar-refractivity contribution >= 4 is 16.8 Å². The molecule has 0 atom stereocenters. The monoisotopic (exact) mass is 416 g/mol. The van der Waals surface area contributed by atoms with Crippen LogP contribution in [0.3, 0.4) is 0 Å². The van der Waals surface area contributed by atoms with E-state index in [-0.39, 0.29) is 12.5 Å². The molecule has 3 heterocycles. The first kappa shape index (κ1) is 20.4. The lowest BCUT2D eigenvalue weighted by atomic mass is 10.1. The van der Waals surface area contributed by atoms with Crippen LogP contribution in [0.2, 0.25) is 0 Å². The molecule has 1 amide bonds. The second-order valence-corrected chi connectivity index (χ2v) is 7.03. The van der Waals surface area contributed by atoms with Crippen LogP contribution in [-0.2, 0) is 17.8 Å². The number of hydrogen-bond acceptors (Lipinski definition) is 5. The third-order valence-corrected chi connectivity index (χ3v) is 5.08. The summed E-state index contributed by atoms with van der Waals surface area (Å²) >= 11 is 0. The normalized spacial score (nSPS) is 10.8. The molecule has 4 aromatic rings. The van der Waals surface area contributed by atoms with Gasteiger partial charge >= 0.3 is 0 Å². The van der Waals surface area contributed by atoms with Gasteiger partial charge in [-0.2, -0.15) is 0 Å². The number of rotatable bonds is 8. The van der Waals surface area contributed by atoms with Crippen LogP contribution in [-0.4, -0.2) is 41.2 Å². The third-order valence-electron chi connectivity index (χ3n) is 5.08. The van der Waals surface area contributed by atoms with Gasteiger partial charge in [0, 0.05) is 48.2 Å². The summed E-state index contributed by atoms with van der Waals surface area (Å²) in [5.41, 5.74) is 3.52. The minimum atomic E-state index is -0.0597. The van der Waals surface area contributed by atoms with Crippen LogP contribution in [0.4, 0.5) is 0 Å². The van der Waals surface area contributed by atoms with Gasteiger partial charge in [0.05, 0.1) is 25.4 Å². The first-order valence-electron chi connectivity index (χ1n) is 10.0. The van der Waals surface area contributed by atoms with E-state index in [2.05, 4.69) is 15.3 Å². The quantitative estimate of drug-likeness (QED) is 0.476. The maximum Gasteiger partial charge on any atom is 0.239 e. The number of pyridine rings is 2. The highest BCUT2D eigenvalue weighted by Crippen LogP contribution is 2.34. The summed E-state index contributed by atoms with van der Waals surface area (Å²) < 4.78 is 12.7. The average Bonchev–Trinajstić information content (AvgIpc) is 3.22. The number of nitrogens with one attached hydrogen (secondary N) is 1. The van der Waals surface area contributed by atoms with Crippen LogP contribution in [0, 0.1) is 0 Å². The minimum absolute atomic E-state index is 0.0597. The van der Waals surface area contributed by atoms with Crippen LogP contribution in [0.1, 0.15) is 5.69 Å². The molecule has 3 aromatic heterocycles.